The minimum Gasteiger partial charge on any atom is -0.352 e. The van der Waals surface area contributed by atoms with Crippen molar-refractivity contribution < 1.29 is 18.0 Å². The third kappa shape index (κ3) is 7.28. The van der Waals surface area contributed by atoms with Crippen LogP contribution in [0.3, 0.4) is 0 Å². The molecule has 2 amide bonds. The molecule has 0 saturated heterocycles. The van der Waals surface area contributed by atoms with Gasteiger partial charge >= 0.3 is 0 Å². The Morgan fingerprint density at radius 3 is 2.11 bits per heavy atom. The van der Waals surface area contributed by atoms with Crippen molar-refractivity contribution in [3.63, 3.8) is 0 Å². The van der Waals surface area contributed by atoms with Crippen LogP contribution in [0.2, 0.25) is 10.0 Å². The SMILES string of the molecule is CC[C@@H](C)NC(=O)[C@H](C)N(Cc1ccccc1Cl)C(=O)CN(c1ccccc1)S(=O)(=O)c1ccc(Cl)cc1. The van der Waals surface area contributed by atoms with Crippen LogP contribution in [0.4, 0.5) is 5.69 Å². The summed E-state index contributed by atoms with van der Waals surface area (Å²) in [5, 5.41) is 3.73. The Labute approximate surface area is 234 Å². The van der Waals surface area contributed by atoms with Crippen molar-refractivity contribution in [2.24, 2.45) is 0 Å². The fourth-order valence-corrected chi connectivity index (χ4v) is 5.45. The molecule has 202 valence electrons. The second-order valence-corrected chi connectivity index (χ2v) is 11.6. The maximum Gasteiger partial charge on any atom is 0.264 e. The number of carbonyl (C=O) groups excluding carboxylic acids is 2. The number of carbonyl (C=O) groups is 2. The van der Waals surface area contributed by atoms with Gasteiger partial charge in [0.1, 0.15) is 12.6 Å². The van der Waals surface area contributed by atoms with E-state index < -0.39 is 28.5 Å². The number of rotatable bonds is 11. The molecular weight excluding hydrogens is 545 g/mol. The zero-order valence-corrected chi connectivity index (χ0v) is 23.8. The number of nitrogens with one attached hydrogen (secondary N) is 1. The smallest absolute Gasteiger partial charge is 0.264 e. The molecule has 0 aliphatic carbocycles. The highest BCUT2D eigenvalue weighted by atomic mass is 35.5. The van der Waals surface area contributed by atoms with E-state index in [1.165, 1.54) is 29.2 Å². The highest BCUT2D eigenvalue weighted by molar-refractivity contribution is 7.92. The topological polar surface area (TPSA) is 86.8 Å². The molecule has 3 rings (SSSR count). The van der Waals surface area contributed by atoms with E-state index >= 15 is 0 Å². The zero-order chi connectivity index (χ0) is 27.9. The summed E-state index contributed by atoms with van der Waals surface area (Å²) in [5.74, 6) is -0.898. The molecule has 3 aromatic carbocycles. The van der Waals surface area contributed by atoms with Crippen LogP contribution in [0.5, 0.6) is 0 Å². The Hall–Kier alpha value is -3.07. The van der Waals surface area contributed by atoms with Gasteiger partial charge in [-0.2, -0.15) is 0 Å². The van der Waals surface area contributed by atoms with Crippen LogP contribution in [0, 0.1) is 0 Å². The molecule has 0 saturated carbocycles. The number of benzene rings is 3. The average molecular weight is 577 g/mol. The van der Waals surface area contributed by atoms with Crippen LogP contribution >= 0.6 is 23.2 Å². The number of anilines is 1. The normalized spacial score (nSPS) is 12.9. The van der Waals surface area contributed by atoms with E-state index in [4.69, 9.17) is 23.2 Å². The maximum atomic E-state index is 13.9. The Morgan fingerprint density at radius 2 is 1.50 bits per heavy atom. The van der Waals surface area contributed by atoms with Gasteiger partial charge in [-0.25, -0.2) is 8.42 Å². The van der Waals surface area contributed by atoms with Gasteiger partial charge in [0, 0.05) is 22.6 Å². The van der Waals surface area contributed by atoms with Crippen LogP contribution < -0.4 is 9.62 Å². The molecule has 0 aromatic heterocycles. The van der Waals surface area contributed by atoms with Crippen LogP contribution in [-0.4, -0.2) is 43.8 Å². The highest BCUT2D eigenvalue weighted by Crippen LogP contribution is 2.26. The molecule has 0 radical (unpaired) electrons. The number of amides is 2. The largest absolute Gasteiger partial charge is 0.352 e. The van der Waals surface area contributed by atoms with Crippen molar-refractivity contribution >= 4 is 50.7 Å². The van der Waals surface area contributed by atoms with Crippen molar-refractivity contribution in [2.75, 3.05) is 10.8 Å². The van der Waals surface area contributed by atoms with Crippen molar-refractivity contribution in [3.05, 3.63) is 94.5 Å². The van der Waals surface area contributed by atoms with Gasteiger partial charge in [0.2, 0.25) is 11.8 Å². The Bertz CT molecular complexity index is 1350. The second kappa shape index (κ2) is 13.1. The van der Waals surface area contributed by atoms with Gasteiger partial charge in [0.15, 0.2) is 0 Å². The molecular formula is C28H31Cl2N3O4S. The number of sulfonamides is 1. The number of hydrogen-bond acceptors (Lipinski definition) is 4. The third-order valence-electron chi connectivity index (χ3n) is 6.19. The van der Waals surface area contributed by atoms with Crippen molar-refractivity contribution in [3.8, 4) is 0 Å². The summed E-state index contributed by atoms with van der Waals surface area (Å²) in [6.07, 6.45) is 0.720. The number of para-hydroxylation sites is 1. The minimum absolute atomic E-state index is 0.0150. The number of nitrogens with zero attached hydrogens (tertiary/aromatic N) is 2. The quantitative estimate of drug-likeness (QED) is 0.326. The number of halogens is 2. The molecule has 1 N–H and O–H groups in total. The van der Waals surface area contributed by atoms with Gasteiger partial charge in [0.25, 0.3) is 10.0 Å². The van der Waals surface area contributed by atoms with Crippen LogP contribution in [0.1, 0.15) is 32.8 Å². The summed E-state index contributed by atoms with van der Waals surface area (Å²) < 4.78 is 28.5. The molecule has 0 bridgehead atoms. The fourth-order valence-electron chi connectivity index (χ4n) is 3.72. The fraction of sp³-hybridized carbons (Fsp3) is 0.286. The van der Waals surface area contributed by atoms with E-state index in [-0.39, 0.29) is 23.4 Å². The molecule has 10 heteroatoms. The van der Waals surface area contributed by atoms with E-state index in [1.54, 1.807) is 61.5 Å². The predicted molar refractivity (Wildman–Crippen MR) is 152 cm³/mol. The summed E-state index contributed by atoms with van der Waals surface area (Å²) >= 11 is 12.3. The van der Waals surface area contributed by atoms with Gasteiger partial charge < -0.3 is 10.2 Å². The second-order valence-electron chi connectivity index (χ2n) is 8.91. The summed E-state index contributed by atoms with van der Waals surface area (Å²) in [7, 11) is -4.15. The van der Waals surface area contributed by atoms with E-state index in [0.717, 1.165) is 10.7 Å². The van der Waals surface area contributed by atoms with Gasteiger partial charge in [-0.05, 0) is 68.3 Å². The van der Waals surface area contributed by atoms with E-state index in [0.29, 0.717) is 21.3 Å². The maximum absolute atomic E-state index is 13.9. The van der Waals surface area contributed by atoms with E-state index in [1.807, 2.05) is 13.8 Å². The lowest BCUT2D eigenvalue weighted by molar-refractivity contribution is -0.139. The minimum atomic E-state index is -4.15. The molecule has 0 spiro atoms. The molecule has 0 aliphatic heterocycles. The average Bonchev–Trinajstić information content (AvgIpc) is 2.91. The Balaban J connectivity index is 2.01. The zero-order valence-electron chi connectivity index (χ0n) is 21.5. The summed E-state index contributed by atoms with van der Waals surface area (Å²) in [6, 6.07) is 20.1. The molecule has 0 heterocycles. The first-order chi connectivity index (χ1) is 18.0. The van der Waals surface area contributed by atoms with Gasteiger partial charge in [-0.3, -0.25) is 13.9 Å². The monoisotopic (exact) mass is 575 g/mol. The van der Waals surface area contributed by atoms with Crippen LogP contribution in [-0.2, 0) is 26.2 Å². The molecule has 38 heavy (non-hydrogen) atoms. The molecule has 0 aliphatic rings. The van der Waals surface area contributed by atoms with Gasteiger partial charge in [0.05, 0.1) is 10.6 Å². The lowest BCUT2D eigenvalue weighted by atomic mass is 10.1. The predicted octanol–water partition coefficient (Wildman–Crippen LogP) is 5.52. The number of hydrogen-bond donors (Lipinski definition) is 1. The van der Waals surface area contributed by atoms with E-state index in [2.05, 4.69) is 5.32 Å². The first-order valence-corrected chi connectivity index (χ1v) is 14.4. The van der Waals surface area contributed by atoms with Crippen molar-refractivity contribution in [2.45, 2.75) is 50.7 Å². The first kappa shape index (κ1) is 29.5. The van der Waals surface area contributed by atoms with Gasteiger partial charge in [-0.1, -0.05) is 66.5 Å². The lowest BCUT2D eigenvalue weighted by Crippen LogP contribution is -2.52. The van der Waals surface area contributed by atoms with Crippen LogP contribution in [0.15, 0.2) is 83.8 Å². The first-order valence-electron chi connectivity index (χ1n) is 12.2. The highest BCUT2D eigenvalue weighted by Gasteiger charge is 2.33. The standard InChI is InChI=1S/C28H31Cl2N3O4S/c1-4-20(2)31-28(35)21(3)32(18-22-10-8-9-13-26(22)30)27(34)19-33(24-11-6-5-7-12-24)38(36,37)25-16-14-23(29)15-17-25/h5-17,20-21H,4,18-19H2,1-3H3,(H,31,35)/t20-,21+/m1/s1. The summed E-state index contributed by atoms with van der Waals surface area (Å²) in [5.41, 5.74) is 0.947. The summed E-state index contributed by atoms with van der Waals surface area (Å²) in [6.45, 7) is 4.94. The van der Waals surface area contributed by atoms with Crippen molar-refractivity contribution in [1.29, 1.82) is 0 Å². The molecule has 3 aromatic rings. The van der Waals surface area contributed by atoms with Crippen LogP contribution in [0.25, 0.3) is 0 Å². The Morgan fingerprint density at radius 1 is 0.895 bits per heavy atom. The van der Waals surface area contributed by atoms with Crippen molar-refractivity contribution in [1.82, 2.24) is 10.2 Å². The molecule has 0 unspecified atom stereocenters. The summed E-state index contributed by atoms with van der Waals surface area (Å²) in [4.78, 5) is 28.2. The lowest BCUT2D eigenvalue weighted by Gasteiger charge is -2.32. The molecule has 7 nitrogen and oxygen atoms in total. The Kier molecular flexibility index (Phi) is 10.2. The third-order valence-corrected chi connectivity index (χ3v) is 8.60. The molecule has 0 fully saturated rings. The molecule has 2 atom stereocenters. The van der Waals surface area contributed by atoms with Gasteiger partial charge in [-0.15, -0.1) is 0 Å². The van der Waals surface area contributed by atoms with E-state index in [9.17, 15) is 18.0 Å².